The van der Waals surface area contributed by atoms with E-state index in [1.807, 2.05) is 31.2 Å². The molecule has 1 aromatic carbocycles. The summed E-state index contributed by atoms with van der Waals surface area (Å²) in [6, 6.07) is 9.12. The summed E-state index contributed by atoms with van der Waals surface area (Å²) in [7, 11) is 0. The molecular formula is C13H13NO3. The van der Waals surface area contributed by atoms with Crippen molar-refractivity contribution in [3.8, 4) is 0 Å². The molecule has 17 heavy (non-hydrogen) atoms. The van der Waals surface area contributed by atoms with Gasteiger partial charge < -0.3 is 10.2 Å². The number of carboxylic acids is 1. The number of carbonyl (C=O) groups is 1. The molecule has 4 nitrogen and oxygen atoms in total. The Kier molecular flexibility index (Phi) is 3.06. The number of aliphatic hydroxyl groups excluding tert-OH is 1. The molecule has 2 rings (SSSR count). The van der Waals surface area contributed by atoms with Gasteiger partial charge in [0.25, 0.3) is 0 Å². The topological polar surface area (TPSA) is 70.4 Å². The minimum atomic E-state index is -1.02. The van der Waals surface area contributed by atoms with Gasteiger partial charge in [-0.05, 0) is 24.6 Å². The SMILES string of the molecule is Cc1cc([C@@H](O)CC(=O)O)c2ccccc2n1. The van der Waals surface area contributed by atoms with E-state index in [4.69, 9.17) is 5.11 Å². The van der Waals surface area contributed by atoms with Crippen molar-refractivity contribution < 1.29 is 15.0 Å². The van der Waals surface area contributed by atoms with Gasteiger partial charge in [-0.15, -0.1) is 0 Å². The van der Waals surface area contributed by atoms with Gasteiger partial charge in [0.05, 0.1) is 18.0 Å². The van der Waals surface area contributed by atoms with Crippen LogP contribution in [-0.4, -0.2) is 21.2 Å². The van der Waals surface area contributed by atoms with Crippen molar-refractivity contribution in [2.75, 3.05) is 0 Å². The van der Waals surface area contributed by atoms with E-state index >= 15 is 0 Å². The first kappa shape index (κ1) is 11.5. The Morgan fingerprint density at radius 1 is 1.41 bits per heavy atom. The number of aryl methyl sites for hydroxylation is 1. The average molecular weight is 231 g/mol. The molecule has 2 N–H and O–H groups in total. The fraction of sp³-hybridized carbons (Fsp3) is 0.231. The maximum absolute atomic E-state index is 10.6. The van der Waals surface area contributed by atoms with Gasteiger partial charge in [0.2, 0.25) is 0 Å². The molecule has 0 fully saturated rings. The number of aliphatic carboxylic acids is 1. The maximum Gasteiger partial charge on any atom is 0.306 e. The van der Waals surface area contributed by atoms with Crippen LogP contribution < -0.4 is 0 Å². The van der Waals surface area contributed by atoms with Crippen LogP contribution in [0.4, 0.5) is 0 Å². The number of aromatic nitrogens is 1. The Labute approximate surface area is 98.5 Å². The van der Waals surface area contributed by atoms with E-state index in [-0.39, 0.29) is 6.42 Å². The second-order valence-electron chi connectivity index (χ2n) is 3.98. The molecular weight excluding hydrogens is 218 g/mol. The molecule has 0 aliphatic carbocycles. The fourth-order valence-electron chi connectivity index (χ4n) is 1.89. The third-order valence-electron chi connectivity index (χ3n) is 2.60. The van der Waals surface area contributed by atoms with Crippen LogP contribution in [0.5, 0.6) is 0 Å². The molecule has 0 bridgehead atoms. The summed E-state index contributed by atoms with van der Waals surface area (Å²) >= 11 is 0. The quantitative estimate of drug-likeness (QED) is 0.848. The number of rotatable bonds is 3. The summed E-state index contributed by atoms with van der Waals surface area (Å²) < 4.78 is 0. The first-order valence-corrected chi connectivity index (χ1v) is 5.34. The number of fused-ring (bicyclic) bond motifs is 1. The third-order valence-corrected chi connectivity index (χ3v) is 2.60. The Bertz CT molecular complexity index is 566. The molecule has 88 valence electrons. The number of carboxylic acid groups (broad SMARTS) is 1. The van der Waals surface area contributed by atoms with Gasteiger partial charge in [-0.2, -0.15) is 0 Å². The Morgan fingerprint density at radius 3 is 2.82 bits per heavy atom. The molecule has 0 radical (unpaired) electrons. The zero-order valence-electron chi connectivity index (χ0n) is 9.42. The summed E-state index contributed by atoms with van der Waals surface area (Å²) in [5.74, 6) is -1.02. The number of nitrogens with zero attached hydrogens (tertiary/aromatic N) is 1. The van der Waals surface area contributed by atoms with Gasteiger partial charge >= 0.3 is 5.97 Å². The number of aliphatic hydroxyl groups is 1. The van der Waals surface area contributed by atoms with Crippen LogP contribution in [0.25, 0.3) is 10.9 Å². The van der Waals surface area contributed by atoms with E-state index < -0.39 is 12.1 Å². The van der Waals surface area contributed by atoms with Gasteiger partial charge in [-0.1, -0.05) is 18.2 Å². The summed E-state index contributed by atoms with van der Waals surface area (Å²) in [6.07, 6.45) is -1.30. The van der Waals surface area contributed by atoms with Crippen LogP contribution in [0.2, 0.25) is 0 Å². The standard InChI is InChI=1S/C13H13NO3/c1-8-6-10(12(15)7-13(16)17)9-4-2-3-5-11(9)14-8/h2-6,12,15H,7H2,1H3,(H,16,17)/t12-/m0/s1. The lowest BCUT2D eigenvalue weighted by Gasteiger charge is -2.12. The first-order valence-electron chi connectivity index (χ1n) is 5.34. The molecule has 0 unspecified atom stereocenters. The highest BCUT2D eigenvalue weighted by Gasteiger charge is 2.15. The molecule has 1 aromatic heterocycles. The van der Waals surface area contributed by atoms with Crippen molar-refractivity contribution >= 4 is 16.9 Å². The number of para-hydroxylation sites is 1. The van der Waals surface area contributed by atoms with Crippen LogP contribution in [0.3, 0.4) is 0 Å². The fourth-order valence-corrected chi connectivity index (χ4v) is 1.89. The van der Waals surface area contributed by atoms with Crippen LogP contribution in [0.1, 0.15) is 23.8 Å². The molecule has 0 spiro atoms. The second kappa shape index (κ2) is 4.51. The molecule has 0 saturated carbocycles. The molecule has 4 heteroatoms. The average Bonchev–Trinajstić information content (AvgIpc) is 2.26. The zero-order chi connectivity index (χ0) is 12.4. The second-order valence-corrected chi connectivity index (χ2v) is 3.98. The largest absolute Gasteiger partial charge is 0.481 e. The maximum atomic E-state index is 10.6. The predicted octanol–water partition coefficient (Wildman–Crippen LogP) is 2.05. The van der Waals surface area contributed by atoms with Crippen LogP contribution >= 0.6 is 0 Å². The number of hydrogen-bond donors (Lipinski definition) is 2. The van der Waals surface area contributed by atoms with Crippen LogP contribution in [0.15, 0.2) is 30.3 Å². The van der Waals surface area contributed by atoms with Crippen molar-refractivity contribution in [1.29, 1.82) is 0 Å². The van der Waals surface area contributed by atoms with Crippen molar-refractivity contribution in [3.63, 3.8) is 0 Å². The van der Waals surface area contributed by atoms with Crippen molar-refractivity contribution in [2.24, 2.45) is 0 Å². The van der Waals surface area contributed by atoms with Gasteiger partial charge in [0.1, 0.15) is 0 Å². The lowest BCUT2D eigenvalue weighted by molar-refractivity contribution is -0.139. The summed E-state index contributed by atoms with van der Waals surface area (Å²) in [4.78, 5) is 15.0. The molecule has 2 aromatic rings. The van der Waals surface area contributed by atoms with Gasteiger partial charge in [0.15, 0.2) is 0 Å². The summed E-state index contributed by atoms with van der Waals surface area (Å²) in [5.41, 5.74) is 2.16. The summed E-state index contributed by atoms with van der Waals surface area (Å²) in [6.45, 7) is 1.82. The Hall–Kier alpha value is -1.94. The smallest absolute Gasteiger partial charge is 0.306 e. The van der Waals surface area contributed by atoms with Crippen molar-refractivity contribution in [3.05, 3.63) is 41.6 Å². The van der Waals surface area contributed by atoms with E-state index in [1.165, 1.54) is 0 Å². The molecule has 0 amide bonds. The van der Waals surface area contributed by atoms with Crippen molar-refractivity contribution in [2.45, 2.75) is 19.4 Å². The third kappa shape index (κ3) is 2.42. The molecule has 0 aliphatic heterocycles. The summed E-state index contributed by atoms with van der Waals surface area (Å²) in [5, 5.41) is 19.4. The highest BCUT2D eigenvalue weighted by atomic mass is 16.4. The van der Waals surface area contributed by atoms with E-state index in [0.29, 0.717) is 5.56 Å². The minimum absolute atomic E-state index is 0.298. The van der Waals surface area contributed by atoms with Crippen LogP contribution in [-0.2, 0) is 4.79 Å². The van der Waals surface area contributed by atoms with E-state index in [0.717, 1.165) is 16.6 Å². The molecule has 1 atom stereocenters. The highest BCUT2D eigenvalue weighted by molar-refractivity contribution is 5.83. The highest BCUT2D eigenvalue weighted by Crippen LogP contribution is 2.25. The first-order chi connectivity index (χ1) is 8.08. The zero-order valence-corrected chi connectivity index (χ0v) is 9.42. The lowest BCUT2D eigenvalue weighted by atomic mass is 10.0. The predicted molar refractivity (Wildman–Crippen MR) is 63.7 cm³/mol. The number of benzene rings is 1. The number of pyridine rings is 1. The monoisotopic (exact) mass is 231 g/mol. The normalized spacial score (nSPS) is 12.6. The van der Waals surface area contributed by atoms with E-state index in [2.05, 4.69) is 4.98 Å². The molecule has 1 heterocycles. The van der Waals surface area contributed by atoms with E-state index in [1.54, 1.807) is 6.07 Å². The number of hydrogen-bond acceptors (Lipinski definition) is 3. The van der Waals surface area contributed by atoms with Gasteiger partial charge in [0, 0.05) is 11.1 Å². The molecule has 0 saturated heterocycles. The minimum Gasteiger partial charge on any atom is -0.481 e. The van der Waals surface area contributed by atoms with Gasteiger partial charge in [-0.25, -0.2) is 0 Å². The van der Waals surface area contributed by atoms with Crippen molar-refractivity contribution in [1.82, 2.24) is 4.98 Å². The Balaban J connectivity index is 2.55. The van der Waals surface area contributed by atoms with E-state index in [9.17, 15) is 9.90 Å². The Morgan fingerprint density at radius 2 is 2.12 bits per heavy atom. The van der Waals surface area contributed by atoms with Gasteiger partial charge in [-0.3, -0.25) is 9.78 Å². The van der Waals surface area contributed by atoms with Crippen LogP contribution in [0, 0.1) is 6.92 Å². The molecule has 0 aliphatic rings. The lowest BCUT2D eigenvalue weighted by Crippen LogP contribution is -2.06.